The summed E-state index contributed by atoms with van der Waals surface area (Å²) < 4.78 is 10.2. The van der Waals surface area contributed by atoms with Crippen LogP contribution >= 0.6 is 15.9 Å². The molecule has 1 aromatic carbocycles. The van der Waals surface area contributed by atoms with Crippen molar-refractivity contribution in [2.75, 3.05) is 7.11 Å². The first-order chi connectivity index (χ1) is 7.24. The Labute approximate surface area is 95.8 Å². The fourth-order valence-corrected chi connectivity index (χ4v) is 2.07. The summed E-state index contributed by atoms with van der Waals surface area (Å²) >= 11 is 3.22. The molecule has 2 rings (SSSR count). The van der Waals surface area contributed by atoms with Crippen molar-refractivity contribution in [2.24, 2.45) is 0 Å². The zero-order chi connectivity index (χ0) is 10.8. The van der Waals surface area contributed by atoms with Crippen LogP contribution in [0.1, 0.15) is 5.56 Å². The molecule has 0 N–H and O–H groups in total. The Kier molecular flexibility index (Phi) is 2.77. The van der Waals surface area contributed by atoms with E-state index in [1.54, 1.807) is 0 Å². The maximum absolute atomic E-state index is 11.6. The van der Waals surface area contributed by atoms with E-state index in [9.17, 15) is 4.79 Å². The number of halogens is 1. The molecule has 0 aromatic heterocycles. The van der Waals surface area contributed by atoms with E-state index in [4.69, 9.17) is 9.47 Å². The third-order valence-corrected chi connectivity index (χ3v) is 2.75. The van der Waals surface area contributed by atoms with Gasteiger partial charge in [0.05, 0.1) is 7.11 Å². The largest absolute Gasteiger partial charge is 0.495 e. The second-order valence-electron chi connectivity index (χ2n) is 3.03. The first kappa shape index (κ1) is 10.2. The van der Waals surface area contributed by atoms with Crippen molar-refractivity contribution < 1.29 is 14.3 Å². The van der Waals surface area contributed by atoms with Gasteiger partial charge in [0.15, 0.2) is 5.76 Å². The number of hydrogen-bond donors (Lipinski definition) is 0. The quantitative estimate of drug-likeness (QED) is 0.610. The van der Waals surface area contributed by atoms with Gasteiger partial charge < -0.3 is 9.47 Å². The molecule has 3 nitrogen and oxygen atoms in total. The van der Waals surface area contributed by atoms with Gasteiger partial charge in [-0.3, -0.25) is 0 Å². The third kappa shape index (κ3) is 1.77. The van der Waals surface area contributed by atoms with E-state index in [1.165, 1.54) is 7.11 Å². The predicted octanol–water partition coefficient (Wildman–Crippen LogP) is 2.32. The Morgan fingerprint density at radius 1 is 1.33 bits per heavy atom. The molecule has 1 atom stereocenters. The highest BCUT2D eigenvalue weighted by atomic mass is 79.9. The fraction of sp³-hybridized carbons (Fsp3) is 0.182. The Morgan fingerprint density at radius 2 is 2.00 bits per heavy atom. The van der Waals surface area contributed by atoms with Crippen LogP contribution < -0.4 is 0 Å². The number of carbonyl (C=O) groups excluding carboxylic acids is 1. The van der Waals surface area contributed by atoms with Gasteiger partial charge in [0.25, 0.3) is 0 Å². The number of esters is 1. The van der Waals surface area contributed by atoms with E-state index < -0.39 is 5.01 Å². The smallest absolute Gasteiger partial charge is 0.343 e. The number of rotatable bonds is 2. The van der Waals surface area contributed by atoms with Crippen LogP contribution in [-0.4, -0.2) is 18.1 Å². The Balaban J connectivity index is 2.50. The molecule has 15 heavy (non-hydrogen) atoms. The molecule has 0 amide bonds. The lowest BCUT2D eigenvalue weighted by Crippen LogP contribution is -2.02. The standard InChI is InChI=1S/C11H9BrO3/c1-14-9-8(11(13)15-10(9)12)7-5-3-2-4-6-7/h2-6,10H,1H3. The third-order valence-electron chi connectivity index (χ3n) is 2.15. The average molecular weight is 269 g/mol. The molecule has 0 fully saturated rings. The van der Waals surface area contributed by atoms with Gasteiger partial charge in [-0.15, -0.1) is 0 Å². The number of hydrogen-bond acceptors (Lipinski definition) is 3. The number of cyclic esters (lactones) is 1. The van der Waals surface area contributed by atoms with Crippen molar-refractivity contribution in [3.63, 3.8) is 0 Å². The molecule has 4 heteroatoms. The van der Waals surface area contributed by atoms with Gasteiger partial charge in [-0.2, -0.15) is 0 Å². The van der Waals surface area contributed by atoms with Crippen LogP contribution in [0.5, 0.6) is 0 Å². The highest BCUT2D eigenvalue weighted by Crippen LogP contribution is 2.33. The molecule has 1 aliphatic heterocycles. The Morgan fingerprint density at radius 3 is 2.60 bits per heavy atom. The second kappa shape index (κ2) is 4.06. The molecule has 1 aromatic rings. The van der Waals surface area contributed by atoms with Gasteiger partial charge >= 0.3 is 5.97 Å². The van der Waals surface area contributed by atoms with Crippen molar-refractivity contribution in [3.8, 4) is 0 Å². The minimum absolute atomic E-state index is 0.361. The molecule has 1 heterocycles. The molecule has 0 saturated carbocycles. The number of carbonyl (C=O) groups is 1. The summed E-state index contributed by atoms with van der Waals surface area (Å²) in [5, 5.41) is -0.481. The summed E-state index contributed by atoms with van der Waals surface area (Å²) in [6.07, 6.45) is 0. The lowest BCUT2D eigenvalue weighted by atomic mass is 10.1. The highest BCUT2D eigenvalue weighted by molar-refractivity contribution is 9.09. The lowest BCUT2D eigenvalue weighted by Gasteiger charge is -2.04. The van der Waals surface area contributed by atoms with Crippen molar-refractivity contribution >= 4 is 27.5 Å². The summed E-state index contributed by atoms with van der Waals surface area (Å²) in [6, 6.07) is 9.32. The number of methoxy groups -OCH3 is 1. The monoisotopic (exact) mass is 268 g/mol. The minimum Gasteiger partial charge on any atom is -0.495 e. The molecule has 0 spiro atoms. The summed E-state index contributed by atoms with van der Waals surface area (Å²) in [5.41, 5.74) is 1.29. The van der Waals surface area contributed by atoms with Crippen molar-refractivity contribution in [1.29, 1.82) is 0 Å². The van der Waals surface area contributed by atoms with Crippen LogP contribution in [0.4, 0.5) is 0 Å². The molecular weight excluding hydrogens is 260 g/mol. The fourth-order valence-electron chi connectivity index (χ4n) is 1.48. The molecular formula is C11H9BrO3. The van der Waals surface area contributed by atoms with Gasteiger partial charge in [0.1, 0.15) is 5.57 Å². The van der Waals surface area contributed by atoms with Crippen LogP contribution in [0.2, 0.25) is 0 Å². The van der Waals surface area contributed by atoms with Crippen LogP contribution in [0.15, 0.2) is 36.1 Å². The topological polar surface area (TPSA) is 35.5 Å². The van der Waals surface area contributed by atoms with Gasteiger partial charge in [0, 0.05) is 0 Å². The van der Waals surface area contributed by atoms with E-state index in [1.807, 2.05) is 30.3 Å². The van der Waals surface area contributed by atoms with Gasteiger partial charge in [0.2, 0.25) is 5.01 Å². The summed E-state index contributed by atoms with van der Waals surface area (Å²) in [4.78, 5) is 11.6. The van der Waals surface area contributed by atoms with E-state index >= 15 is 0 Å². The zero-order valence-electron chi connectivity index (χ0n) is 8.07. The van der Waals surface area contributed by atoms with Crippen molar-refractivity contribution in [2.45, 2.75) is 5.01 Å². The number of ether oxygens (including phenoxy) is 2. The molecule has 0 bridgehead atoms. The maximum Gasteiger partial charge on any atom is 0.343 e. The van der Waals surface area contributed by atoms with Gasteiger partial charge in [-0.05, 0) is 21.5 Å². The summed E-state index contributed by atoms with van der Waals surface area (Å²) in [6.45, 7) is 0. The van der Waals surface area contributed by atoms with Crippen molar-refractivity contribution in [1.82, 2.24) is 0 Å². The molecule has 1 unspecified atom stereocenters. The van der Waals surface area contributed by atoms with E-state index in [0.717, 1.165) is 5.56 Å². The Hall–Kier alpha value is -1.29. The number of benzene rings is 1. The minimum atomic E-state index is -0.481. The van der Waals surface area contributed by atoms with Crippen LogP contribution in [0.25, 0.3) is 5.57 Å². The molecule has 0 saturated heterocycles. The number of alkyl halides is 1. The summed E-state index contributed by atoms with van der Waals surface area (Å²) in [7, 11) is 1.52. The Bertz CT molecular complexity index is 411. The zero-order valence-corrected chi connectivity index (χ0v) is 9.65. The van der Waals surface area contributed by atoms with Gasteiger partial charge in [-0.1, -0.05) is 30.3 Å². The van der Waals surface area contributed by atoms with Crippen LogP contribution in [0.3, 0.4) is 0 Å². The SMILES string of the molecule is COC1=C(c2ccccc2)C(=O)OC1Br. The second-order valence-corrected chi connectivity index (χ2v) is 3.86. The van der Waals surface area contributed by atoms with Crippen LogP contribution in [0, 0.1) is 0 Å². The average Bonchev–Trinajstić information content (AvgIpc) is 2.54. The van der Waals surface area contributed by atoms with Gasteiger partial charge in [-0.25, -0.2) is 4.79 Å². The molecule has 78 valence electrons. The summed E-state index contributed by atoms with van der Waals surface area (Å²) in [5.74, 6) is 0.158. The van der Waals surface area contributed by atoms with Crippen molar-refractivity contribution in [3.05, 3.63) is 41.7 Å². The molecule has 0 radical (unpaired) electrons. The van der Waals surface area contributed by atoms with Crippen LogP contribution in [-0.2, 0) is 14.3 Å². The predicted molar refractivity (Wildman–Crippen MR) is 59.2 cm³/mol. The van der Waals surface area contributed by atoms with E-state index in [0.29, 0.717) is 11.3 Å². The highest BCUT2D eigenvalue weighted by Gasteiger charge is 2.34. The van der Waals surface area contributed by atoms with E-state index in [-0.39, 0.29) is 5.97 Å². The first-order valence-corrected chi connectivity index (χ1v) is 5.34. The van der Waals surface area contributed by atoms with E-state index in [2.05, 4.69) is 15.9 Å². The molecule has 1 aliphatic rings. The maximum atomic E-state index is 11.6. The first-order valence-electron chi connectivity index (χ1n) is 4.42. The normalized spacial score (nSPS) is 20.4. The molecule has 0 aliphatic carbocycles. The lowest BCUT2D eigenvalue weighted by molar-refractivity contribution is -0.135.